The summed E-state index contributed by atoms with van der Waals surface area (Å²) in [5.41, 5.74) is 6.98. The number of rotatable bonds is 3. The van der Waals surface area contributed by atoms with E-state index in [4.69, 9.17) is 5.73 Å². The summed E-state index contributed by atoms with van der Waals surface area (Å²) in [5, 5.41) is 0. The first-order chi connectivity index (χ1) is 6.82. The predicted molar refractivity (Wildman–Crippen MR) is 62.7 cm³/mol. The number of carbonyl (C=O) groups is 1. The third-order valence-electron chi connectivity index (χ3n) is 2.74. The third kappa shape index (κ3) is 3.51. The maximum absolute atomic E-state index is 12.0. The smallest absolute Gasteiger partial charge is 0.219 e. The fraction of sp³-hybridized carbons (Fsp3) is 0.417. The van der Waals surface area contributed by atoms with Crippen molar-refractivity contribution in [3.05, 3.63) is 29.8 Å². The van der Waals surface area contributed by atoms with Gasteiger partial charge in [0.15, 0.2) is 0 Å². The minimum absolute atomic E-state index is 0. The fourth-order valence-electron chi connectivity index (χ4n) is 1.24. The Morgan fingerprint density at radius 3 is 2.00 bits per heavy atom. The average molecular weight is 243 g/mol. The fourth-order valence-corrected chi connectivity index (χ4v) is 1.24. The molecule has 0 radical (unpaired) electrons. The first-order valence-corrected chi connectivity index (χ1v) is 5.03. The molecule has 1 unspecified atom stereocenters. The standard InChI is InChI=1S/C12H18N2O.ClH/c1-9(14(2,3)4)12(15)10-5-7-11(13)8-6-10;/h5-9H,1-4H3,(H-,13,15);1H. The number of Topliss-reactive ketones (excluding diaryl/α,β-unsaturated/α-hetero) is 1. The molecule has 1 aromatic carbocycles. The van der Waals surface area contributed by atoms with Gasteiger partial charge in [-0.3, -0.25) is 4.79 Å². The number of ketones is 1. The Labute approximate surface area is 103 Å². The summed E-state index contributed by atoms with van der Waals surface area (Å²) in [6.07, 6.45) is 0. The highest BCUT2D eigenvalue weighted by molar-refractivity contribution is 5.99. The molecule has 0 saturated heterocycles. The van der Waals surface area contributed by atoms with Crippen molar-refractivity contribution in [2.75, 3.05) is 26.9 Å². The van der Waals surface area contributed by atoms with Crippen molar-refractivity contribution in [2.45, 2.75) is 13.0 Å². The molecule has 1 aromatic rings. The first-order valence-electron chi connectivity index (χ1n) is 5.03. The zero-order valence-electron chi connectivity index (χ0n) is 10.2. The van der Waals surface area contributed by atoms with E-state index in [0.717, 1.165) is 5.56 Å². The van der Waals surface area contributed by atoms with Crippen LogP contribution < -0.4 is 18.1 Å². The third-order valence-corrected chi connectivity index (χ3v) is 2.74. The number of halogens is 1. The molecule has 1 rings (SSSR count). The second-order valence-corrected chi connectivity index (χ2v) is 4.78. The molecule has 0 saturated carbocycles. The van der Waals surface area contributed by atoms with E-state index in [0.29, 0.717) is 10.2 Å². The molecular formula is C12H19ClN2O. The molecule has 0 bridgehead atoms. The quantitative estimate of drug-likeness (QED) is 0.401. The van der Waals surface area contributed by atoms with E-state index in [1.807, 2.05) is 28.1 Å². The van der Waals surface area contributed by atoms with E-state index in [9.17, 15) is 4.79 Å². The highest BCUT2D eigenvalue weighted by Crippen LogP contribution is 2.12. The molecule has 1 atom stereocenters. The topological polar surface area (TPSA) is 43.1 Å². The van der Waals surface area contributed by atoms with Gasteiger partial charge < -0.3 is 22.6 Å². The summed E-state index contributed by atoms with van der Waals surface area (Å²) in [6, 6.07) is 7.03. The van der Waals surface area contributed by atoms with Crippen LogP contribution in [0, 0.1) is 0 Å². The van der Waals surface area contributed by atoms with Crippen molar-refractivity contribution in [2.24, 2.45) is 0 Å². The Hall–Kier alpha value is -1.06. The Morgan fingerprint density at radius 2 is 1.62 bits per heavy atom. The Morgan fingerprint density at radius 1 is 1.19 bits per heavy atom. The number of quaternary nitrogens is 1. The lowest BCUT2D eigenvalue weighted by Gasteiger charge is -2.30. The van der Waals surface area contributed by atoms with Crippen LogP contribution in [-0.4, -0.2) is 37.5 Å². The number of nitrogens with zero attached hydrogens (tertiary/aromatic N) is 1. The van der Waals surface area contributed by atoms with Gasteiger partial charge in [-0.05, 0) is 31.2 Å². The Kier molecular flexibility index (Phi) is 4.97. The normalized spacial score (nSPS) is 12.8. The van der Waals surface area contributed by atoms with Crippen LogP contribution in [0.25, 0.3) is 0 Å². The summed E-state index contributed by atoms with van der Waals surface area (Å²) in [7, 11) is 6.04. The van der Waals surface area contributed by atoms with Gasteiger partial charge in [-0.15, -0.1) is 0 Å². The van der Waals surface area contributed by atoms with Gasteiger partial charge in [-0.1, -0.05) is 0 Å². The summed E-state index contributed by atoms with van der Waals surface area (Å²) < 4.78 is 0.628. The van der Waals surface area contributed by atoms with Crippen LogP contribution in [0.3, 0.4) is 0 Å². The maximum Gasteiger partial charge on any atom is 0.219 e. The number of likely N-dealkylation sites (N-methyl/N-ethyl adjacent to an activating group) is 1. The van der Waals surface area contributed by atoms with Crippen LogP contribution in [0.5, 0.6) is 0 Å². The van der Waals surface area contributed by atoms with Crippen LogP contribution in [-0.2, 0) is 0 Å². The lowest BCUT2D eigenvalue weighted by atomic mass is 10.0. The predicted octanol–water partition coefficient (Wildman–Crippen LogP) is -1.45. The molecule has 0 heterocycles. The Bertz CT molecular complexity index is 354. The number of hydrogen-bond acceptors (Lipinski definition) is 2. The zero-order valence-corrected chi connectivity index (χ0v) is 11.0. The number of hydrogen-bond donors (Lipinski definition) is 1. The largest absolute Gasteiger partial charge is 1.00 e. The lowest BCUT2D eigenvalue weighted by molar-refractivity contribution is -0.883. The van der Waals surface area contributed by atoms with Crippen LogP contribution in [0.15, 0.2) is 24.3 Å². The molecule has 0 spiro atoms. The lowest BCUT2D eigenvalue weighted by Crippen LogP contribution is -3.00. The van der Waals surface area contributed by atoms with E-state index >= 15 is 0 Å². The van der Waals surface area contributed by atoms with Crippen LogP contribution >= 0.6 is 0 Å². The van der Waals surface area contributed by atoms with Gasteiger partial charge in [0.1, 0.15) is 6.04 Å². The minimum atomic E-state index is -0.0476. The van der Waals surface area contributed by atoms with Gasteiger partial charge in [-0.25, -0.2) is 0 Å². The van der Waals surface area contributed by atoms with Crippen LogP contribution in [0.4, 0.5) is 5.69 Å². The highest BCUT2D eigenvalue weighted by Gasteiger charge is 2.27. The van der Waals surface area contributed by atoms with E-state index in [1.165, 1.54) is 0 Å². The molecule has 0 aliphatic carbocycles. The molecule has 16 heavy (non-hydrogen) atoms. The molecular weight excluding hydrogens is 224 g/mol. The van der Waals surface area contributed by atoms with Gasteiger partial charge in [0.2, 0.25) is 5.78 Å². The van der Waals surface area contributed by atoms with E-state index in [1.54, 1.807) is 24.3 Å². The molecule has 0 aliphatic rings. The molecule has 0 amide bonds. The number of benzene rings is 1. The summed E-state index contributed by atoms with van der Waals surface area (Å²) >= 11 is 0. The zero-order chi connectivity index (χ0) is 11.6. The van der Waals surface area contributed by atoms with E-state index in [-0.39, 0.29) is 24.2 Å². The molecule has 0 aromatic heterocycles. The monoisotopic (exact) mass is 242 g/mol. The first kappa shape index (κ1) is 14.9. The number of carbonyl (C=O) groups excluding carboxylic acids is 1. The average Bonchev–Trinajstić information content (AvgIpc) is 2.15. The molecule has 0 aliphatic heterocycles. The summed E-state index contributed by atoms with van der Waals surface area (Å²) in [5.74, 6) is 0.155. The van der Waals surface area contributed by atoms with E-state index < -0.39 is 0 Å². The van der Waals surface area contributed by atoms with Gasteiger partial charge in [0.05, 0.1) is 21.1 Å². The Balaban J connectivity index is 0.00000225. The molecule has 3 nitrogen and oxygen atoms in total. The van der Waals surface area contributed by atoms with E-state index in [2.05, 4.69) is 0 Å². The van der Waals surface area contributed by atoms with Crippen molar-refractivity contribution in [3.8, 4) is 0 Å². The van der Waals surface area contributed by atoms with Gasteiger partial charge >= 0.3 is 0 Å². The molecule has 90 valence electrons. The number of nitrogen functional groups attached to an aromatic ring is 1. The van der Waals surface area contributed by atoms with Gasteiger partial charge in [0.25, 0.3) is 0 Å². The van der Waals surface area contributed by atoms with Crippen molar-refractivity contribution in [1.29, 1.82) is 0 Å². The maximum atomic E-state index is 12.0. The van der Waals surface area contributed by atoms with Crippen LogP contribution in [0.1, 0.15) is 17.3 Å². The second kappa shape index (κ2) is 5.32. The van der Waals surface area contributed by atoms with Crippen molar-refractivity contribution < 1.29 is 21.7 Å². The number of anilines is 1. The molecule has 2 N–H and O–H groups in total. The van der Waals surface area contributed by atoms with Gasteiger partial charge in [-0.2, -0.15) is 0 Å². The van der Waals surface area contributed by atoms with Crippen molar-refractivity contribution in [1.82, 2.24) is 0 Å². The molecule has 4 heteroatoms. The summed E-state index contributed by atoms with van der Waals surface area (Å²) in [6.45, 7) is 1.94. The number of nitrogens with two attached hydrogens (primary N) is 1. The van der Waals surface area contributed by atoms with Crippen molar-refractivity contribution in [3.63, 3.8) is 0 Å². The second-order valence-electron chi connectivity index (χ2n) is 4.78. The van der Waals surface area contributed by atoms with Gasteiger partial charge in [0, 0.05) is 11.3 Å². The summed E-state index contributed by atoms with van der Waals surface area (Å²) in [4.78, 5) is 12.0. The molecule has 0 fully saturated rings. The SMILES string of the molecule is CC(C(=O)c1ccc(N)cc1)[N+](C)(C)C.[Cl-]. The van der Waals surface area contributed by atoms with Crippen LogP contribution in [0.2, 0.25) is 0 Å². The highest BCUT2D eigenvalue weighted by atomic mass is 35.5. The van der Waals surface area contributed by atoms with Crippen molar-refractivity contribution >= 4 is 11.5 Å². The minimum Gasteiger partial charge on any atom is -1.00 e.